The van der Waals surface area contributed by atoms with Gasteiger partial charge < -0.3 is 15.3 Å². The van der Waals surface area contributed by atoms with Gasteiger partial charge in [0.15, 0.2) is 0 Å². The van der Waals surface area contributed by atoms with Crippen LogP contribution in [-0.4, -0.2) is 30.1 Å². The highest BCUT2D eigenvalue weighted by molar-refractivity contribution is 5.98. The summed E-state index contributed by atoms with van der Waals surface area (Å²) >= 11 is 0. The highest BCUT2D eigenvalue weighted by atomic mass is 16.3. The predicted molar refractivity (Wildman–Crippen MR) is 97.6 cm³/mol. The average Bonchev–Trinajstić information content (AvgIpc) is 2.63. The van der Waals surface area contributed by atoms with Crippen molar-refractivity contribution in [1.29, 1.82) is 0 Å². The summed E-state index contributed by atoms with van der Waals surface area (Å²) in [6, 6.07) is 15.3. The standard InChI is InChI=1S/C20H22N2O3/c23-14-12-15-5-8-17(9-6-15)21-19(24)11-13-22-18-4-2-1-3-16(18)7-10-20(22)25/h1-6,8-9,23H,7,10-14H2,(H,21,24). The fourth-order valence-corrected chi connectivity index (χ4v) is 3.06. The van der Waals surface area contributed by atoms with Crippen LogP contribution in [0.5, 0.6) is 0 Å². The van der Waals surface area contributed by atoms with Crippen LogP contribution in [0.2, 0.25) is 0 Å². The molecule has 0 aliphatic carbocycles. The molecule has 0 fully saturated rings. The summed E-state index contributed by atoms with van der Waals surface area (Å²) in [5, 5.41) is 11.8. The van der Waals surface area contributed by atoms with Crippen molar-refractivity contribution >= 4 is 23.2 Å². The van der Waals surface area contributed by atoms with Gasteiger partial charge in [0.05, 0.1) is 0 Å². The van der Waals surface area contributed by atoms with Crippen LogP contribution in [0.15, 0.2) is 48.5 Å². The number of carbonyl (C=O) groups is 2. The van der Waals surface area contributed by atoms with Crippen LogP contribution in [0.1, 0.15) is 24.0 Å². The molecule has 1 aliphatic heterocycles. The van der Waals surface area contributed by atoms with Gasteiger partial charge in [-0.05, 0) is 42.2 Å². The molecule has 0 saturated heterocycles. The normalized spacial score (nSPS) is 13.5. The van der Waals surface area contributed by atoms with Gasteiger partial charge in [-0.25, -0.2) is 0 Å². The van der Waals surface area contributed by atoms with E-state index in [0.717, 1.165) is 28.9 Å². The lowest BCUT2D eigenvalue weighted by atomic mass is 10.0. The molecule has 5 nitrogen and oxygen atoms in total. The van der Waals surface area contributed by atoms with E-state index in [4.69, 9.17) is 5.11 Å². The van der Waals surface area contributed by atoms with Gasteiger partial charge in [0.25, 0.3) is 0 Å². The number of para-hydroxylation sites is 1. The van der Waals surface area contributed by atoms with Crippen molar-refractivity contribution in [2.75, 3.05) is 23.4 Å². The Morgan fingerprint density at radius 3 is 2.60 bits per heavy atom. The summed E-state index contributed by atoms with van der Waals surface area (Å²) in [5.74, 6) is -0.0504. The Hall–Kier alpha value is -2.66. The van der Waals surface area contributed by atoms with E-state index in [2.05, 4.69) is 5.32 Å². The maximum Gasteiger partial charge on any atom is 0.227 e. The topological polar surface area (TPSA) is 69.6 Å². The molecular formula is C20H22N2O3. The van der Waals surface area contributed by atoms with Crippen LogP contribution in [0, 0.1) is 0 Å². The molecule has 3 rings (SSSR count). The van der Waals surface area contributed by atoms with Gasteiger partial charge in [-0.15, -0.1) is 0 Å². The highest BCUT2D eigenvalue weighted by Gasteiger charge is 2.23. The number of benzene rings is 2. The van der Waals surface area contributed by atoms with Gasteiger partial charge in [0, 0.05) is 37.4 Å². The number of hydrogen-bond acceptors (Lipinski definition) is 3. The Morgan fingerprint density at radius 2 is 1.84 bits per heavy atom. The van der Waals surface area contributed by atoms with Gasteiger partial charge in [-0.2, -0.15) is 0 Å². The molecule has 2 aromatic carbocycles. The largest absolute Gasteiger partial charge is 0.396 e. The van der Waals surface area contributed by atoms with Gasteiger partial charge >= 0.3 is 0 Å². The molecule has 130 valence electrons. The first-order chi connectivity index (χ1) is 12.2. The van der Waals surface area contributed by atoms with E-state index in [1.807, 2.05) is 48.5 Å². The van der Waals surface area contributed by atoms with Crippen molar-refractivity contribution in [2.24, 2.45) is 0 Å². The predicted octanol–water partition coefficient (Wildman–Crippen LogP) is 2.53. The zero-order valence-electron chi connectivity index (χ0n) is 14.1. The molecule has 0 saturated carbocycles. The van der Waals surface area contributed by atoms with Crippen LogP contribution in [0.4, 0.5) is 11.4 Å². The number of nitrogens with one attached hydrogen (secondary N) is 1. The summed E-state index contributed by atoms with van der Waals surface area (Å²) < 4.78 is 0. The number of hydrogen-bond donors (Lipinski definition) is 2. The van der Waals surface area contributed by atoms with E-state index in [1.165, 1.54) is 0 Å². The lowest BCUT2D eigenvalue weighted by Gasteiger charge is -2.29. The SMILES string of the molecule is O=C(CCN1C(=O)CCc2ccccc21)Nc1ccc(CCO)cc1. The summed E-state index contributed by atoms with van der Waals surface area (Å²) in [5.41, 5.74) is 3.81. The van der Waals surface area contributed by atoms with Crippen molar-refractivity contribution in [2.45, 2.75) is 25.7 Å². The van der Waals surface area contributed by atoms with Crippen LogP contribution < -0.4 is 10.2 Å². The Bertz CT molecular complexity index is 756. The number of aryl methyl sites for hydroxylation is 1. The van der Waals surface area contributed by atoms with Gasteiger partial charge in [-0.3, -0.25) is 9.59 Å². The van der Waals surface area contributed by atoms with Crippen LogP contribution >= 0.6 is 0 Å². The minimum absolute atomic E-state index is 0.0693. The second-order valence-corrected chi connectivity index (χ2v) is 6.14. The Morgan fingerprint density at radius 1 is 1.08 bits per heavy atom. The maximum atomic E-state index is 12.2. The molecule has 5 heteroatoms. The number of aliphatic hydroxyl groups excluding tert-OH is 1. The highest BCUT2D eigenvalue weighted by Crippen LogP contribution is 2.27. The van der Waals surface area contributed by atoms with E-state index < -0.39 is 0 Å². The molecule has 1 aliphatic rings. The van der Waals surface area contributed by atoms with Gasteiger partial charge in [0.1, 0.15) is 0 Å². The lowest BCUT2D eigenvalue weighted by Crippen LogP contribution is -2.37. The molecule has 0 spiro atoms. The molecular weight excluding hydrogens is 316 g/mol. The molecule has 0 bridgehead atoms. The second-order valence-electron chi connectivity index (χ2n) is 6.14. The summed E-state index contributed by atoms with van der Waals surface area (Å²) in [6.45, 7) is 0.487. The third-order valence-electron chi connectivity index (χ3n) is 4.39. The van der Waals surface area contributed by atoms with Crippen molar-refractivity contribution in [1.82, 2.24) is 0 Å². The number of anilines is 2. The van der Waals surface area contributed by atoms with Crippen LogP contribution in [0.3, 0.4) is 0 Å². The van der Waals surface area contributed by atoms with E-state index in [9.17, 15) is 9.59 Å². The zero-order chi connectivity index (χ0) is 17.6. The zero-order valence-corrected chi connectivity index (χ0v) is 14.1. The van der Waals surface area contributed by atoms with E-state index in [1.54, 1.807) is 4.90 Å². The number of amides is 2. The van der Waals surface area contributed by atoms with Crippen LogP contribution in [0.25, 0.3) is 0 Å². The van der Waals surface area contributed by atoms with Crippen molar-refractivity contribution in [3.05, 3.63) is 59.7 Å². The Labute approximate surface area is 147 Å². The first-order valence-electron chi connectivity index (χ1n) is 8.55. The smallest absolute Gasteiger partial charge is 0.227 e. The maximum absolute atomic E-state index is 12.2. The number of aliphatic hydroxyl groups is 1. The summed E-state index contributed by atoms with van der Waals surface area (Å²) in [7, 11) is 0. The van der Waals surface area contributed by atoms with E-state index in [-0.39, 0.29) is 24.8 Å². The monoisotopic (exact) mass is 338 g/mol. The second kappa shape index (κ2) is 7.94. The first kappa shape index (κ1) is 17.2. The fraction of sp³-hybridized carbons (Fsp3) is 0.300. The average molecular weight is 338 g/mol. The molecule has 25 heavy (non-hydrogen) atoms. The molecule has 2 N–H and O–H groups in total. The summed E-state index contributed by atoms with van der Waals surface area (Å²) in [6.07, 6.45) is 2.10. The number of fused-ring (bicyclic) bond motifs is 1. The number of carbonyl (C=O) groups excluding carboxylic acids is 2. The third kappa shape index (κ3) is 4.25. The summed E-state index contributed by atoms with van der Waals surface area (Å²) in [4.78, 5) is 26.1. The van der Waals surface area contributed by atoms with E-state index in [0.29, 0.717) is 19.4 Å². The van der Waals surface area contributed by atoms with Gasteiger partial charge in [-0.1, -0.05) is 30.3 Å². The minimum Gasteiger partial charge on any atom is -0.396 e. The van der Waals surface area contributed by atoms with Crippen molar-refractivity contribution < 1.29 is 14.7 Å². The Balaban J connectivity index is 1.58. The van der Waals surface area contributed by atoms with Crippen molar-refractivity contribution in [3.8, 4) is 0 Å². The van der Waals surface area contributed by atoms with Crippen LogP contribution in [-0.2, 0) is 22.4 Å². The number of rotatable bonds is 6. The fourth-order valence-electron chi connectivity index (χ4n) is 3.06. The molecule has 0 atom stereocenters. The molecule has 0 radical (unpaired) electrons. The first-order valence-corrected chi connectivity index (χ1v) is 8.55. The lowest BCUT2D eigenvalue weighted by molar-refractivity contribution is -0.119. The molecule has 0 aromatic heterocycles. The molecule has 1 heterocycles. The molecule has 2 aromatic rings. The third-order valence-corrected chi connectivity index (χ3v) is 4.39. The number of nitrogens with zero attached hydrogens (tertiary/aromatic N) is 1. The van der Waals surface area contributed by atoms with Gasteiger partial charge in [0.2, 0.25) is 11.8 Å². The molecule has 0 unspecified atom stereocenters. The molecule has 2 amide bonds. The quantitative estimate of drug-likeness (QED) is 0.850. The van der Waals surface area contributed by atoms with E-state index >= 15 is 0 Å². The Kier molecular flexibility index (Phi) is 5.46. The minimum atomic E-state index is -0.120. The van der Waals surface area contributed by atoms with Crippen molar-refractivity contribution in [3.63, 3.8) is 0 Å².